The Morgan fingerprint density at radius 1 is 1.14 bits per heavy atom. The van der Waals surface area contributed by atoms with Crippen molar-refractivity contribution >= 4 is 17.7 Å². The van der Waals surface area contributed by atoms with Crippen LogP contribution in [-0.2, 0) is 20.8 Å². The van der Waals surface area contributed by atoms with Crippen LogP contribution in [0.4, 0.5) is 0 Å². The highest BCUT2D eigenvalue weighted by Crippen LogP contribution is 2.29. The number of carbonyl (C=O) groups excluding carboxylic acids is 3. The van der Waals surface area contributed by atoms with Gasteiger partial charge in [0.15, 0.2) is 0 Å². The van der Waals surface area contributed by atoms with Crippen LogP contribution >= 0.6 is 0 Å². The second-order valence-corrected chi connectivity index (χ2v) is 5.90. The molecule has 1 heterocycles. The molecule has 1 aliphatic heterocycles. The number of hydrogen-bond acceptors (Lipinski definition) is 3. The first-order valence-corrected chi connectivity index (χ1v) is 7.85. The van der Waals surface area contributed by atoms with Crippen molar-refractivity contribution < 1.29 is 14.4 Å². The number of nitrogens with one attached hydrogen (secondary N) is 1. The fourth-order valence-electron chi connectivity index (χ4n) is 3.26. The van der Waals surface area contributed by atoms with Gasteiger partial charge in [-0.25, -0.2) is 0 Å². The lowest BCUT2D eigenvalue weighted by atomic mass is 9.87. The number of fused-ring (bicyclic) bond motifs is 1. The van der Waals surface area contributed by atoms with Crippen LogP contribution in [0, 0.1) is 0 Å². The van der Waals surface area contributed by atoms with Crippen molar-refractivity contribution in [1.82, 2.24) is 10.2 Å². The van der Waals surface area contributed by atoms with Gasteiger partial charge in [0.1, 0.15) is 0 Å². The molecular formula is C17H20N2O3. The zero-order valence-electron chi connectivity index (χ0n) is 12.5. The van der Waals surface area contributed by atoms with Gasteiger partial charge in [-0.15, -0.1) is 0 Å². The van der Waals surface area contributed by atoms with Gasteiger partial charge in [0.05, 0.1) is 6.04 Å². The lowest BCUT2D eigenvalue weighted by Gasteiger charge is -2.26. The molecule has 3 amide bonds. The first-order valence-electron chi connectivity index (χ1n) is 7.85. The summed E-state index contributed by atoms with van der Waals surface area (Å²) in [7, 11) is 0. The van der Waals surface area contributed by atoms with Gasteiger partial charge >= 0.3 is 0 Å². The first-order chi connectivity index (χ1) is 10.6. The first kappa shape index (κ1) is 14.8. The third-order valence-electron chi connectivity index (χ3n) is 4.42. The average Bonchev–Trinajstić information content (AvgIpc) is 2.84. The van der Waals surface area contributed by atoms with Gasteiger partial charge in [-0.2, -0.15) is 0 Å². The zero-order chi connectivity index (χ0) is 15.5. The van der Waals surface area contributed by atoms with Gasteiger partial charge in [-0.3, -0.25) is 19.3 Å². The summed E-state index contributed by atoms with van der Waals surface area (Å²) in [4.78, 5) is 36.4. The summed E-state index contributed by atoms with van der Waals surface area (Å²) in [6.07, 6.45) is 3.78. The molecule has 0 radical (unpaired) electrons. The van der Waals surface area contributed by atoms with Crippen molar-refractivity contribution in [1.29, 1.82) is 0 Å². The van der Waals surface area contributed by atoms with Gasteiger partial charge in [0.2, 0.25) is 17.7 Å². The molecule has 1 fully saturated rings. The molecule has 0 spiro atoms. The minimum atomic E-state index is -0.166. The molecule has 22 heavy (non-hydrogen) atoms. The molecule has 0 saturated carbocycles. The zero-order valence-corrected chi connectivity index (χ0v) is 12.5. The average molecular weight is 300 g/mol. The Hall–Kier alpha value is -2.17. The number of benzene rings is 1. The Morgan fingerprint density at radius 3 is 2.64 bits per heavy atom. The fraction of sp³-hybridized carbons (Fsp3) is 0.471. The molecule has 116 valence electrons. The fourth-order valence-corrected chi connectivity index (χ4v) is 3.26. The Morgan fingerprint density at radius 2 is 1.86 bits per heavy atom. The SMILES string of the molecule is O=C(CCN1C(=O)CCC1=O)NC1CCCc2ccccc21. The van der Waals surface area contributed by atoms with Crippen LogP contribution in [-0.4, -0.2) is 29.2 Å². The van der Waals surface area contributed by atoms with E-state index in [9.17, 15) is 14.4 Å². The summed E-state index contributed by atoms with van der Waals surface area (Å²) in [5.74, 6) is -0.434. The van der Waals surface area contributed by atoms with E-state index in [4.69, 9.17) is 0 Å². The maximum absolute atomic E-state index is 12.1. The molecule has 5 heteroatoms. The molecule has 1 atom stereocenters. The summed E-state index contributed by atoms with van der Waals surface area (Å²) in [5.41, 5.74) is 2.49. The van der Waals surface area contributed by atoms with Gasteiger partial charge in [-0.05, 0) is 30.4 Å². The highest BCUT2D eigenvalue weighted by molar-refractivity contribution is 6.02. The number of aryl methyl sites for hydroxylation is 1. The number of hydrogen-bond donors (Lipinski definition) is 1. The number of nitrogens with zero attached hydrogens (tertiary/aromatic N) is 1. The molecule has 1 aromatic rings. The van der Waals surface area contributed by atoms with E-state index >= 15 is 0 Å². The van der Waals surface area contributed by atoms with Crippen molar-refractivity contribution in [2.45, 2.75) is 44.6 Å². The molecule has 0 aromatic heterocycles. The van der Waals surface area contributed by atoms with E-state index in [1.807, 2.05) is 12.1 Å². The van der Waals surface area contributed by atoms with Crippen molar-refractivity contribution in [2.24, 2.45) is 0 Å². The maximum atomic E-state index is 12.1. The molecule has 5 nitrogen and oxygen atoms in total. The Balaban J connectivity index is 1.57. The van der Waals surface area contributed by atoms with E-state index in [0.717, 1.165) is 19.3 Å². The summed E-state index contributed by atoms with van der Waals surface area (Å²) < 4.78 is 0. The van der Waals surface area contributed by atoms with Crippen LogP contribution in [0.15, 0.2) is 24.3 Å². The predicted molar refractivity (Wildman–Crippen MR) is 80.8 cm³/mol. The topological polar surface area (TPSA) is 66.5 Å². The predicted octanol–water partition coefficient (Wildman–Crippen LogP) is 1.72. The normalized spacial score (nSPS) is 20.9. The van der Waals surface area contributed by atoms with Crippen molar-refractivity contribution in [3.8, 4) is 0 Å². The molecular weight excluding hydrogens is 280 g/mol. The number of imide groups is 1. The minimum absolute atomic E-state index is 0.0439. The lowest BCUT2D eigenvalue weighted by molar-refractivity contribution is -0.138. The maximum Gasteiger partial charge on any atom is 0.229 e. The summed E-state index contributed by atoms with van der Waals surface area (Å²) in [6.45, 7) is 0.192. The third-order valence-corrected chi connectivity index (χ3v) is 4.42. The second-order valence-electron chi connectivity index (χ2n) is 5.90. The molecule has 1 saturated heterocycles. The Kier molecular flexibility index (Phi) is 4.22. The van der Waals surface area contributed by atoms with Gasteiger partial charge in [0, 0.05) is 25.8 Å². The van der Waals surface area contributed by atoms with E-state index in [-0.39, 0.29) is 49.6 Å². The van der Waals surface area contributed by atoms with Crippen molar-refractivity contribution in [3.63, 3.8) is 0 Å². The molecule has 1 N–H and O–H groups in total. The largest absolute Gasteiger partial charge is 0.349 e. The molecule has 1 unspecified atom stereocenters. The molecule has 0 bridgehead atoms. The Bertz CT molecular complexity index is 596. The summed E-state index contributed by atoms with van der Waals surface area (Å²) in [6, 6.07) is 8.23. The van der Waals surface area contributed by atoms with E-state index in [2.05, 4.69) is 17.4 Å². The lowest BCUT2D eigenvalue weighted by Crippen LogP contribution is -2.36. The number of amides is 3. The van der Waals surface area contributed by atoms with Crippen LogP contribution in [0.25, 0.3) is 0 Å². The van der Waals surface area contributed by atoms with Crippen LogP contribution in [0.2, 0.25) is 0 Å². The van der Waals surface area contributed by atoms with E-state index in [1.54, 1.807) is 0 Å². The van der Waals surface area contributed by atoms with Crippen molar-refractivity contribution in [3.05, 3.63) is 35.4 Å². The smallest absolute Gasteiger partial charge is 0.229 e. The molecule has 3 rings (SSSR count). The highest BCUT2D eigenvalue weighted by atomic mass is 16.2. The quantitative estimate of drug-likeness (QED) is 0.861. The number of likely N-dealkylation sites (tertiary alicyclic amines) is 1. The van der Waals surface area contributed by atoms with Crippen LogP contribution in [0.3, 0.4) is 0 Å². The third kappa shape index (κ3) is 3.03. The minimum Gasteiger partial charge on any atom is -0.349 e. The summed E-state index contributed by atoms with van der Waals surface area (Å²) >= 11 is 0. The van der Waals surface area contributed by atoms with Crippen molar-refractivity contribution in [2.75, 3.05) is 6.54 Å². The van der Waals surface area contributed by atoms with E-state index < -0.39 is 0 Å². The number of carbonyl (C=O) groups is 3. The van der Waals surface area contributed by atoms with Gasteiger partial charge in [0.25, 0.3) is 0 Å². The van der Waals surface area contributed by atoms with E-state index in [1.165, 1.54) is 16.0 Å². The van der Waals surface area contributed by atoms with Crippen LogP contribution in [0.1, 0.15) is 49.3 Å². The Labute approximate surface area is 129 Å². The number of rotatable bonds is 4. The summed E-state index contributed by atoms with van der Waals surface area (Å²) in [5, 5.41) is 3.04. The molecule has 1 aromatic carbocycles. The molecule has 2 aliphatic rings. The highest BCUT2D eigenvalue weighted by Gasteiger charge is 2.29. The van der Waals surface area contributed by atoms with Crippen LogP contribution < -0.4 is 5.32 Å². The van der Waals surface area contributed by atoms with Crippen LogP contribution in [0.5, 0.6) is 0 Å². The second kappa shape index (κ2) is 6.30. The van der Waals surface area contributed by atoms with Gasteiger partial charge < -0.3 is 5.32 Å². The monoisotopic (exact) mass is 300 g/mol. The molecule has 1 aliphatic carbocycles. The van der Waals surface area contributed by atoms with Gasteiger partial charge in [-0.1, -0.05) is 24.3 Å². The standard InChI is InChI=1S/C17H20N2O3/c20-15(10-11-19-16(21)8-9-17(19)22)18-14-7-3-5-12-4-1-2-6-13(12)14/h1-2,4,6,14H,3,5,7-11H2,(H,18,20). The van der Waals surface area contributed by atoms with E-state index in [0.29, 0.717) is 0 Å².